The molecule has 1 aromatic rings. The smallest absolute Gasteiger partial charge is 0.225 e. The van der Waals surface area contributed by atoms with E-state index in [1.165, 1.54) is 19.3 Å². The number of nitrogens with one attached hydrogen (secondary N) is 1. The van der Waals surface area contributed by atoms with Gasteiger partial charge < -0.3 is 16.0 Å². The van der Waals surface area contributed by atoms with Gasteiger partial charge in [-0.05, 0) is 37.6 Å². The van der Waals surface area contributed by atoms with Crippen molar-refractivity contribution in [1.29, 1.82) is 0 Å². The minimum Gasteiger partial charge on any atom is -0.369 e. The molecule has 1 unspecified atom stereocenters. The molecule has 1 saturated carbocycles. The lowest BCUT2D eigenvalue weighted by Gasteiger charge is -2.37. The van der Waals surface area contributed by atoms with E-state index in [0.717, 1.165) is 51.5 Å². The van der Waals surface area contributed by atoms with Crippen LogP contribution in [0.4, 0.5) is 11.8 Å². The van der Waals surface area contributed by atoms with E-state index in [4.69, 9.17) is 28.9 Å². The molecule has 1 amide bonds. The van der Waals surface area contributed by atoms with Crippen molar-refractivity contribution in [3.8, 4) is 0 Å². The highest BCUT2D eigenvalue weighted by atomic mass is 35.5. The number of amides is 1. The highest BCUT2D eigenvalue weighted by Gasteiger charge is 2.28. The largest absolute Gasteiger partial charge is 0.369 e. The summed E-state index contributed by atoms with van der Waals surface area (Å²) < 4.78 is 0. The number of rotatable bonds is 7. The van der Waals surface area contributed by atoms with Crippen LogP contribution in [-0.4, -0.2) is 60.5 Å². The number of carbonyl (C=O) groups excluding carboxylic acids is 1. The Morgan fingerprint density at radius 3 is 2.41 bits per heavy atom. The van der Waals surface area contributed by atoms with Crippen molar-refractivity contribution < 1.29 is 4.79 Å². The molecule has 0 aromatic carbocycles. The van der Waals surface area contributed by atoms with Gasteiger partial charge in [0, 0.05) is 39.1 Å². The van der Waals surface area contributed by atoms with Crippen LogP contribution in [0.3, 0.4) is 0 Å². The summed E-state index contributed by atoms with van der Waals surface area (Å²) in [6.07, 6.45) is 5.91. The molecule has 1 aliphatic carbocycles. The zero-order valence-electron chi connectivity index (χ0n) is 17.3. The van der Waals surface area contributed by atoms with Gasteiger partial charge in [-0.1, -0.05) is 43.0 Å². The van der Waals surface area contributed by atoms with Crippen LogP contribution in [0.1, 0.15) is 39.0 Å². The summed E-state index contributed by atoms with van der Waals surface area (Å²) in [5, 5.41) is 3.63. The first-order valence-corrected chi connectivity index (χ1v) is 11.3. The molecule has 3 rings (SSSR count). The van der Waals surface area contributed by atoms with E-state index in [-0.39, 0.29) is 17.0 Å². The second-order valence-corrected chi connectivity index (χ2v) is 9.05. The van der Waals surface area contributed by atoms with Gasteiger partial charge in [-0.3, -0.25) is 9.69 Å². The molecule has 1 atom stereocenters. The minimum atomic E-state index is -0.154. The van der Waals surface area contributed by atoms with Gasteiger partial charge in [0.2, 0.25) is 11.9 Å². The van der Waals surface area contributed by atoms with Crippen molar-refractivity contribution in [3.05, 3.63) is 10.2 Å². The average Bonchev–Trinajstić information content (AvgIpc) is 2.74. The number of hydrogen-bond donors (Lipinski definition) is 2. The molecule has 1 saturated heterocycles. The topological polar surface area (TPSA) is 87.4 Å². The number of halogens is 2. The number of nitrogens with two attached hydrogens (primary N) is 1. The van der Waals surface area contributed by atoms with E-state index in [1.807, 2.05) is 6.92 Å². The molecule has 29 heavy (non-hydrogen) atoms. The average molecular weight is 443 g/mol. The van der Waals surface area contributed by atoms with Crippen LogP contribution in [0.15, 0.2) is 0 Å². The van der Waals surface area contributed by atoms with Gasteiger partial charge in [0.25, 0.3) is 0 Å². The Kier molecular flexibility index (Phi) is 7.82. The quantitative estimate of drug-likeness (QED) is 0.629. The van der Waals surface area contributed by atoms with Gasteiger partial charge in [-0.2, -0.15) is 9.97 Å². The van der Waals surface area contributed by atoms with E-state index in [0.29, 0.717) is 22.7 Å². The van der Waals surface area contributed by atoms with Gasteiger partial charge in [-0.15, -0.1) is 0 Å². The van der Waals surface area contributed by atoms with Crippen LogP contribution < -0.4 is 16.0 Å². The predicted molar refractivity (Wildman–Crippen MR) is 119 cm³/mol. The number of piperazine rings is 1. The Labute approximate surface area is 183 Å². The van der Waals surface area contributed by atoms with Gasteiger partial charge in [0.15, 0.2) is 11.0 Å². The predicted octanol–water partition coefficient (Wildman–Crippen LogP) is 3.27. The Bertz CT molecular complexity index is 702. The Morgan fingerprint density at radius 2 is 1.83 bits per heavy atom. The first-order valence-electron chi connectivity index (χ1n) is 10.6. The standard InChI is InChI=1S/C20H32Cl2N6O/c1-13(18(23)29)15-5-3-14(4-6-15)7-8-27-9-11-28(12-10-27)19-16(21)17(22)25-20(24-2)26-19/h13-15H,3-12H2,1-2H3,(H2,23,29)(H,24,25,26). The third-order valence-corrected chi connectivity index (χ3v) is 7.31. The van der Waals surface area contributed by atoms with Crippen molar-refractivity contribution in [3.63, 3.8) is 0 Å². The lowest BCUT2D eigenvalue weighted by Crippen LogP contribution is -2.47. The zero-order valence-corrected chi connectivity index (χ0v) is 18.8. The van der Waals surface area contributed by atoms with E-state index in [2.05, 4.69) is 25.1 Å². The lowest BCUT2D eigenvalue weighted by atomic mass is 9.75. The van der Waals surface area contributed by atoms with Gasteiger partial charge >= 0.3 is 0 Å². The van der Waals surface area contributed by atoms with E-state index < -0.39 is 0 Å². The van der Waals surface area contributed by atoms with Gasteiger partial charge in [0.05, 0.1) is 0 Å². The number of anilines is 2. The maximum atomic E-state index is 11.4. The molecule has 7 nitrogen and oxygen atoms in total. The van der Waals surface area contributed by atoms with Crippen LogP contribution in [0.25, 0.3) is 0 Å². The molecular weight excluding hydrogens is 411 g/mol. The maximum Gasteiger partial charge on any atom is 0.225 e. The molecule has 3 N–H and O–H groups in total. The van der Waals surface area contributed by atoms with Crippen molar-refractivity contribution >= 4 is 40.9 Å². The zero-order chi connectivity index (χ0) is 21.0. The number of primary amides is 1. The van der Waals surface area contributed by atoms with Crippen molar-refractivity contribution in [2.75, 3.05) is 50.0 Å². The molecule has 1 aliphatic heterocycles. The van der Waals surface area contributed by atoms with Crippen molar-refractivity contribution in [2.24, 2.45) is 23.5 Å². The SMILES string of the molecule is CNc1nc(Cl)c(Cl)c(N2CCN(CCC3CCC(C(C)C(N)=O)CC3)CC2)n1. The number of nitrogens with zero attached hydrogens (tertiary/aromatic N) is 4. The first-order chi connectivity index (χ1) is 13.9. The van der Waals surface area contributed by atoms with E-state index in [9.17, 15) is 4.79 Å². The van der Waals surface area contributed by atoms with E-state index in [1.54, 1.807) is 7.05 Å². The second kappa shape index (κ2) is 10.1. The summed E-state index contributed by atoms with van der Waals surface area (Å²) in [6, 6.07) is 0. The van der Waals surface area contributed by atoms with E-state index >= 15 is 0 Å². The monoisotopic (exact) mass is 442 g/mol. The van der Waals surface area contributed by atoms with Crippen LogP contribution in [0.5, 0.6) is 0 Å². The molecule has 2 aliphatic rings. The normalized spacial score (nSPS) is 24.3. The molecule has 0 bridgehead atoms. The summed E-state index contributed by atoms with van der Waals surface area (Å²) in [5.41, 5.74) is 5.47. The summed E-state index contributed by atoms with van der Waals surface area (Å²) in [4.78, 5) is 24.7. The maximum absolute atomic E-state index is 11.4. The second-order valence-electron chi connectivity index (χ2n) is 8.31. The fourth-order valence-electron chi connectivity index (χ4n) is 4.49. The Hall–Kier alpha value is -1.31. The van der Waals surface area contributed by atoms with Crippen LogP contribution in [0.2, 0.25) is 10.2 Å². The van der Waals surface area contributed by atoms with Crippen molar-refractivity contribution in [2.45, 2.75) is 39.0 Å². The van der Waals surface area contributed by atoms with Crippen LogP contribution in [0, 0.1) is 17.8 Å². The fourth-order valence-corrected chi connectivity index (χ4v) is 4.86. The summed E-state index contributed by atoms with van der Waals surface area (Å²) in [7, 11) is 1.77. The third kappa shape index (κ3) is 5.64. The highest BCUT2D eigenvalue weighted by Crippen LogP contribution is 2.35. The Balaban J connectivity index is 1.43. The molecule has 0 radical (unpaired) electrons. The van der Waals surface area contributed by atoms with Crippen LogP contribution in [-0.2, 0) is 4.79 Å². The third-order valence-electron chi connectivity index (χ3n) is 6.59. The van der Waals surface area contributed by atoms with Crippen molar-refractivity contribution in [1.82, 2.24) is 14.9 Å². The first kappa shape index (κ1) is 22.4. The molecule has 1 aromatic heterocycles. The Morgan fingerprint density at radius 1 is 1.17 bits per heavy atom. The number of aromatic nitrogens is 2. The number of carbonyl (C=O) groups is 1. The summed E-state index contributed by atoms with van der Waals surface area (Å²) in [5.74, 6) is 2.28. The summed E-state index contributed by atoms with van der Waals surface area (Å²) in [6.45, 7) is 6.82. The molecule has 2 heterocycles. The summed E-state index contributed by atoms with van der Waals surface area (Å²) >= 11 is 12.5. The minimum absolute atomic E-state index is 0.00887. The fraction of sp³-hybridized carbons (Fsp3) is 0.750. The molecule has 2 fully saturated rings. The number of hydrogen-bond acceptors (Lipinski definition) is 6. The molecule has 162 valence electrons. The van der Waals surface area contributed by atoms with Gasteiger partial charge in [0.1, 0.15) is 5.02 Å². The molecule has 0 spiro atoms. The lowest BCUT2D eigenvalue weighted by molar-refractivity contribution is -0.123. The van der Waals surface area contributed by atoms with Gasteiger partial charge in [-0.25, -0.2) is 0 Å². The molecular formula is C20H32Cl2N6O. The molecule has 9 heteroatoms. The highest BCUT2D eigenvalue weighted by molar-refractivity contribution is 6.42. The van der Waals surface area contributed by atoms with Crippen LogP contribution >= 0.6 is 23.2 Å².